The minimum absolute atomic E-state index is 0. The zero-order valence-electron chi connectivity index (χ0n) is 15.0. The summed E-state index contributed by atoms with van der Waals surface area (Å²) in [5, 5.41) is 5.20. The van der Waals surface area contributed by atoms with Crippen LogP contribution in [0.1, 0.15) is 24.1 Å². The standard InChI is InChI=1S/C19H22N4O2S.ClH/c24-17-19(7-9-20-10-8-19)23(11-6-15-4-2-1-3-5-15)18(25)22(17)12-16-13-26-14-21-16;/h1-5,13-14,20H,6-12H2;1H. The third kappa shape index (κ3) is 3.72. The average Bonchev–Trinajstić information content (AvgIpc) is 3.25. The average molecular weight is 407 g/mol. The second kappa shape index (κ2) is 8.37. The molecule has 3 amide bonds. The summed E-state index contributed by atoms with van der Waals surface area (Å²) in [6.07, 6.45) is 2.08. The quantitative estimate of drug-likeness (QED) is 0.775. The predicted molar refractivity (Wildman–Crippen MR) is 107 cm³/mol. The highest BCUT2D eigenvalue weighted by molar-refractivity contribution is 7.07. The number of thiazole rings is 1. The van der Waals surface area contributed by atoms with E-state index in [4.69, 9.17) is 0 Å². The monoisotopic (exact) mass is 406 g/mol. The highest BCUT2D eigenvalue weighted by atomic mass is 35.5. The van der Waals surface area contributed by atoms with Gasteiger partial charge < -0.3 is 10.2 Å². The molecule has 27 heavy (non-hydrogen) atoms. The first-order valence-electron chi connectivity index (χ1n) is 8.96. The Balaban J connectivity index is 0.00000210. The number of carbonyl (C=O) groups excluding carboxylic acids is 2. The van der Waals surface area contributed by atoms with Crippen LogP contribution in [-0.4, -0.2) is 51.9 Å². The summed E-state index contributed by atoms with van der Waals surface area (Å²) in [6, 6.07) is 9.93. The van der Waals surface area contributed by atoms with Gasteiger partial charge in [-0.1, -0.05) is 30.3 Å². The Bertz CT molecular complexity index is 778. The first kappa shape index (κ1) is 19.8. The van der Waals surface area contributed by atoms with Crippen molar-refractivity contribution in [2.45, 2.75) is 31.3 Å². The van der Waals surface area contributed by atoms with E-state index in [2.05, 4.69) is 22.4 Å². The van der Waals surface area contributed by atoms with Crippen LogP contribution in [0.4, 0.5) is 4.79 Å². The maximum Gasteiger partial charge on any atom is 0.328 e. The highest BCUT2D eigenvalue weighted by Gasteiger charge is 2.56. The smallest absolute Gasteiger partial charge is 0.317 e. The van der Waals surface area contributed by atoms with E-state index >= 15 is 0 Å². The number of piperidine rings is 1. The summed E-state index contributed by atoms with van der Waals surface area (Å²) < 4.78 is 0. The second-order valence-electron chi connectivity index (χ2n) is 6.82. The number of nitrogens with one attached hydrogen (secondary N) is 1. The Morgan fingerprint density at radius 1 is 1.15 bits per heavy atom. The maximum atomic E-state index is 13.3. The lowest BCUT2D eigenvalue weighted by atomic mass is 9.86. The maximum absolute atomic E-state index is 13.3. The Labute approximate surface area is 169 Å². The molecule has 1 N–H and O–H groups in total. The first-order chi connectivity index (χ1) is 12.7. The molecule has 2 aliphatic heterocycles. The fourth-order valence-corrected chi connectivity index (χ4v) is 4.47. The van der Waals surface area contributed by atoms with E-state index in [1.54, 1.807) is 5.51 Å². The van der Waals surface area contributed by atoms with Crippen LogP contribution < -0.4 is 5.32 Å². The lowest BCUT2D eigenvalue weighted by molar-refractivity contribution is -0.135. The van der Waals surface area contributed by atoms with Crippen LogP contribution in [0, 0.1) is 0 Å². The largest absolute Gasteiger partial charge is 0.328 e. The van der Waals surface area contributed by atoms with E-state index in [1.165, 1.54) is 21.8 Å². The number of halogens is 1. The molecule has 0 aliphatic carbocycles. The highest BCUT2D eigenvalue weighted by Crippen LogP contribution is 2.36. The minimum atomic E-state index is -0.701. The number of rotatable bonds is 5. The molecular weight excluding hydrogens is 384 g/mol. The summed E-state index contributed by atoms with van der Waals surface area (Å²) in [5.74, 6) is -0.0648. The van der Waals surface area contributed by atoms with E-state index in [0.717, 1.165) is 25.2 Å². The van der Waals surface area contributed by atoms with Gasteiger partial charge in [-0.15, -0.1) is 23.7 Å². The van der Waals surface area contributed by atoms with Crippen molar-refractivity contribution in [1.29, 1.82) is 0 Å². The summed E-state index contributed by atoms with van der Waals surface area (Å²) in [5.41, 5.74) is 2.97. The van der Waals surface area contributed by atoms with Crippen molar-refractivity contribution in [2.24, 2.45) is 0 Å². The van der Waals surface area contributed by atoms with Crippen LogP contribution >= 0.6 is 23.7 Å². The van der Waals surface area contributed by atoms with Gasteiger partial charge in [0, 0.05) is 11.9 Å². The Morgan fingerprint density at radius 3 is 2.56 bits per heavy atom. The molecule has 6 nitrogen and oxygen atoms in total. The Morgan fingerprint density at radius 2 is 1.89 bits per heavy atom. The number of aromatic nitrogens is 1. The molecule has 0 bridgehead atoms. The number of urea groups is 1. The van der Waals surface area contributed by atoms with E-state index in [9.17, 15) is 9.59 Å². The molecule has 1 spiro atoms. The number of amides is 3. The van der Waals surface area contributed by atoms with Gasteiger partial charge in [-0.3, -0.25) is 9.69 Å². The third-order valence-corrected chi connectivity index (χ3v) is 5.96. The van der Waals surface area contributed by atoms with Gasteiger partial charge in [-0.2, -0.15) is 0 Å². The van der Waals surface area contributed by atoms with Crippen LogP contribution in [0.25, 0.3) is 0 Å². The molecule has 2 aliphatic rings. The molecule has 8 heteroatoms. The topological polar surface area (TPSA) is 65.5 Å². The minimum Gasteiger partial charge on any atom is -0.317 e. The van der Waals surface area contributed by atoms with Gasteiger partial charge in [0.15, 0.2) is 0 Å². The van der Waals surface area contributed by atoms with Gasteiger partial charge in [0.1, 0.15) is 5.54 Å². The molecule has 0 atom stereocenters. The lowest BCUT2D eigenvalue weighted by Gasteiger charge is -2.38. The molecule has 0 saturated carbocycles. The summed E-state index contributed by atoms with van der Waals surface area (Å²) in [4.78, 5) is 33.8. The molecule has 4 rings (SSSR count). The van der Waals surface area contributed by atoms with Gasteiger partial charge in [0.05, 0.1) is 17.7 Å². The summed E-state index contributed by atoms with van der Waals surface area (Å²) >= 11 is 1.48. The van der Waals surface area contributed by atoms with Crippen LogP contribution in [0.3, 0.4) is 0 Å². The van der Waals surface area contributed by atoms with Crippen LogP contribution in [0.2, 0.25) is 0 Å². The van der Waals surface area contributed by atoms with Gasteiger partial charge in [-0.05, 0) is 37.9 Å². The SMILES string of the molecule is Cl.O=C1N(Cc2cscn2)C(=O)C2(CCNCC2)N1CCc1ccccc1. The van der Waals surface area contributed by atoms with Crippen molar-refractivity contribution in [1.82, 2.24) is 20.1 Å². The van der Waals surface area contributed by atoms with Crippen LogP contribution in [0.15, 0.2) is 41.2 Å². The van der Waals surface area contributed by atoms with Gasteiger partial charge in [0.2, 0.25) is 0 Å². The summed E-state index contributed by atoms with van der Waals surface area (Å²) in [7, 11) is 0. The molecule has 0 unspecified atom stereocenters. The van der Waals surface area contributed by atoms with Crippen molar-refractivity contribution in [3.8, 4) is 0 Å². The van der Waals surface area contributed by atoms with E-state index in [1.807, 2.05) is 28.5 Å². The molecule has 1 aromatic heterocycles. The molecule has 1 aromatic carbocycles. The zero-order chi connectivity index (χ0) is 18.0. The third-order valence-electron chi connectivity index (χ3n) is 5.32. The van der Waals surface area contributed by atoms with Crippen molar-refractivity contribution in [2.75, 3.05) is 19.6 Å². The van der Waals surface area contributed by atoms with Crippen molar-refractivity contribution < 1.29 is 9.59 Å². The first-order valence-corrected chi connectivity index (χ1v) is 9.90. The van der Waals surface area contributed by atoms with Gasteiger partial charge in [-0.25, -0.2) is 9.78 Å². The van der Waals surface area contributed by atoms with Crippen molar-refractivity contribution in [3.63, 3.8) is 0 Å². The van der Waals surface area contributed by atoms with Gasteiger partial charge >= 0.3 is 6.03 Å². The molecular formula is C19H23ClN4O2S. The van der Waals surface area contributed by atoms with E-state index in [0.29, 0.717) is 19.4 Å². The number of imide groups is 1. The Kier molecular flexibility index (Phi) is 6.14. The predicted octanol–water partition coefficient (Wildman–Crippen LogP) is 2.69. The second-order valence-corrected chi connectivity index (χ2v) is 7.54. The van der Waals surface area contributed by atoms with Crippen molar-refractivity contribution in [3.05, 3.63) is 52.5 Å². The lowest BCUT2D eigenvalue weighted by Crippen LogP contribution is -2.56. The fraction of sp³-hybridized carbons (Fsp3) is 0.421. The molecule has 144 valence electrons. The number of hydrogen-bond acceptors (Lipinski definition) is 5. The normalized spacial score (nSPS) is 18.8. The number of hydrogen-bond donors (Lipinski definition) is 1. The molecule has 0 radical (unpaired) electrons. The Hall–Kier alpha value is -1.96. The van der Waals surface area contributed by atoms with Crippen LogP contribution in [0.5, 0.6) is 0 Å². The molecule has 3 heterocycles. The molecule has 2 fully saturated rings. The van der Waals surface area contributed by atoms with E-state index in [-0.39, 0.29) is 30.9 Å². The number of benzene rings is 1. The zero-order valence-corrected chi connectivity index (χ0v) is 16.6. The van der Waals surface area contributed by atoms with Gasteiger partial charge in [0.25, 0.3) is 5.91 Å². The van der Waals surface area contributed by atoms with Crippen molar-refractivity contribution >= 4 is 35.7 Å². The fourth-order valence-electron chi connectivity index (χ4n) is 3.92. The number of carbonyl (C=O) groups is 2. The van der Waals surface area contributed by atoms with Crippen LogP contribution in [-0.2, 0) is 17.8 Å². The molecule has 2 aromatic rings. The molecule has 2 saturated heterocycles. The number of nitrogens with zero attached hydrogens (tertiary/aromatic N) is 3. The van der Waals surface area contributed by atoms with E-state index < -0.39 is 5.54 Å². The summed E-state index contributed by atoms with van der Waals surface area (Å²) in [6.45, 7) is 2.33.